The van der Waals surface area contributed by atoms with Gasteiger partial charge in [-0.25, -0.2) is 0 Å². The lowest BCUT2D eigenvalue weighted by atomic mass is 10.1. The van der Waals surface area contributed by atoms with Gasteiger partial charge in [0.1, 0.15) is 5.75 Å². The summed E-state index contributed by atoms with van der Waals surface area (Å²) in [5.41, 5.74) is 2.72. The van der Waals surface area contributed by atoms with Gasteiger partial charge in [-0.3, -0.25) is 14.2 Å². The van der Waals surface area contributed by atoms with Crippen LogP contribution >= 0.6 is 0 Å². The first-order chi connectivity index (χ1) is 14.0. The molecule has 6 heteroatoms. The Bertz CT molecular complexity index is 1000. The molecule has 1 aromatic heterocycles. The molecule has 0 saturated heterocycles. The first-order valence-corrected chi connectivity index (χ1v) is 9.59. The Labute approximate surface area is 169 Å². The molecule has 6 nitrogen and oxygen atoms in total. The highest BCUT2D eigenvalue weighted by molar-refractivity contribution is 6.04. The fourth-order valence-corrected chi connectivity index (χ4v) is 3.37. The van der Waals surface area contributed by atoms with Crippen LogP contribution < -0.4 is 4.74 Å². The van der Waals surface area contributed by atoms with Gasteiger partial charge >= 0.3 is 5.97 Å². The zero-order valence-corrected chi connectivity index (χ0v) is 16.7. The monoisotopic (exact) mass is 395 g/mol. The number of ether oxygens (including phenoxy) is 2. The van der Waals surface area contributed by atoms with Gasteiger partial charge in [0, 0.05) is 30.4 Å². The number of carbonyl (C=O) groups excluding carboxylic acids is 1. The predicted octanol–water partition coefficient (Wildman–Crippen LogP) is 4.07. The Morgan fingerprint density at radius 1 is 1.03 bits per heavy atom. The van der Waals surface area contributed by atoms with E-state index in [1.54, 1.807) is 48.1 Å². The number of aromatic nitrogens is 1. The number of carbonyl (C=O) groups is 2. The van der Waals surface area contributed by atoms with Crippen LogP contribution in [-0.2, 0) is 16.0 Å². The lowest BCUT2D eigenvalue weighted by Gasteiger charge is -2.09. The van der Waals surface area contributed by atoms with E-state index in [4.69, 9.17) is 14.6 Å². The van der Waals surface area contributed by atoms with Gasteiger partial charge in [-0.05, 0) is 61.7 Å². The lowest BCUT2D eigenvalue weighted by molar-refractivity contribution is -0.136. The second-order valence-electron chi connectivity index (χ2n) is 6.92. The van der Waals surface area contributed by atoms with E-state index in [2.05, 4.69) is 0 Å². The molecule has 3 rings (SSSR count). The number of benzene rings is 2. The Balaban J connectivity index is 1.79. The SMILES string of the molecule is COCCCCOc1ccc(C(=O)n2c(C)cc3c(CC(=O)O)cccc32)cc1. The average Bonchev–Trinajstić information content (AvgIpc) is 3.04. The molecule has 3 aromatic rings. The van der Waals surface area contributed by atoms with Crippen LogP contribution in [-0.4, -0.2) is 41.9 Å². The third-order valence-electron chi connectivity index (χ3n) is 4.78. The molecule has 0 aliphatic heterocycles. The van der Waals surface area contributed by atoms with E-state index in [0.29, 0.717) is 23.3 Å². The van der Waals surface area contributed by atoms with Gasteiger partial charge in [-0.2, -0.15) is 0 Å². The fraction of sp³-hybridized carbons (Fsp3) is 0.304. The number of rotatable bonds is 9. The van der Waals surface area contributed by atoms with Crippen molar-refractivity contribution in [3.8, 4) is 5.75 Å². The number of carboxylic acids is 1. The highest BCUT2D eigenvalue weighted by Crippen LogP contribution is 2.25. The molecule has 0 aliphatic rings. The molecule has 0 saturated carbocycles. The van der Waals surface area contributed by atoms with Crippen LogP contribution in [0.25, 0.3) is 10.9 Å². The lowest BCUT2D eigenvalue weighted by Crippen LogP contribution is -2.13. The molecule has 0 radical (unpaired) electrons. The number of methoxy groups -OCH3 is 1. The molecule has 0 bridgehead atoms. The molecular formula is C23H25NO5. The second-order valence-corrected chi connectivity index (χ2v) is 6.92. The summed E-state index contributed by atoms with van der Waals surface area (Å²) < 4.78 is 12.3. The molecule has 0 amide bonds. The zero-order chi connectivity index (χ0) is 20.8. The molecule has 0 spiro atoms. The number of aliphatic carboxylic acids is 1. The van der Waals surface area contributed by atoms with Crippen molar-refractivity contribution in [2.24, 2.45) is 0 Å². The molecule has 152 valence electrons. The Morgan fingerprint density at radius 3 is 2.45 bits per heavy atom. The van der Waals surface area contributed by atoms with E-state index < -0.39 is 5.97 Å². The van der Waals surface area contributed by atoms with Gasteiger partial charge in [0.05, 0.1) is 18.5 Å². The Kier molecular flexibility index (Phi) is 6.67. The van der Waals surface area contributed by atoms with Crippen molar-refractivity contribution in [2.75, 3.05) is 20.3 Å². The number of unbranched alkanes of at least 4 members (excludes halogenated alkanes) is 1. The molecule has 0 unspecified atom stereocenters. The molecule has 29 heavy (non-hydrogen) atoms. The number of fused-ring (bicyclic) bond motifs is 1. The van der Waals surface area contributed by atoms with E-state index in [1.807, 2.05) is 19.1 Å². The molecule has 0 aliphatic carbocycles. The largest absolute Gasteiger partial charge is 0.494 e. The summed E-state index contributed by atoms with van der Waals surface area (Å²) in [7, 11) is 1.68. The summed E-state index contributed by atoms with van der Waals surface area (Å²) in [4.78, 5) is 24.2. The smallest absolute Gasteiger partial charge is 0.307 e. The van der Waals surface area contributed by atoms with E-state index in [9.17, 15) is 9.59 Å². The minimum absolute atomic E-state index is 0.0780. The van der Waals surface area contributed by atoms with Crippen molar-refractivity contribution in [3.05, 3.63) is 65.4 Å². The average molecular weight is 395 g/mol. The van der Waals surface area contributed by atoms with E-state index in [-0.39, 0.29) is 12.3 Å². The van der Waals surface area contributed by atoms with Gasteiger partial charge in [-0.15, -0.1) is 0 Å². The number of hydrogen-bond acceptors (Lipinski definition) is 4. The van der Waals surface area contributed by atoms with Crippen LogP contribution in [0, 0.1) is 6.92 Å². The maximum Gasteiger partial charge on any atom is 0.307 e. The number of aryl methyl sites for hydroxylation is 1. The van der Waals surface area contributed by atoms with Gasteiger partial charge in [0.15, 0.2) is 0 Å². The molecule has 0 atom stereocenters. The molecular weight excluding hydrogens is 370 g/mol. The van der Waals surface area contributed by atoms with Crippen LogP contribution in [0.15, 0.2) is 48.5 Å². The van der Waals surface area contributed by atoms with E-state index in [0.717, 1.165) is 36.3 Å². The van der Waals surface area contributed by atoms with Crippen molar-refractivity contribution < 1.29 is 24.2 Å². The van der Waals surface area contributed by atoms with Crippen molar-refractivity contribution >= 4 is 22.8 Å². The predicted molar refractivity (Wildman–Crippen MR) is 111 cm³/mol. The van der Waals surface area contributed by atoms with E-state index >= 15 is 0 Å². The second kappa shape index (κ2) is 9.39. The van der Waals surface area contributed by atoms with Crippen LogP contribution in [0.3, 0.4) is 0 Å². The summed E-state index contributed by atoms with van der Waals surface area (Å²) in [5.74, 6) is -0.333. The minimum Gasteiger partial charge on any atom is -0.494 e. The number of nitrogens with zero attached hydrogens (tertiary/aromatic N) is 1. The third kappa shape index (κ3) is 4.84. The van der Waals surface area contributed by atoms with Crippen LogP contribution in [0.1, 0.15) is 34.5 Å². The van der Waals surface area contributed by atoms with Crippen LogP contribution in [0.4, 0.5) is 0 Å². The number of carboxylic acid groups (broad SMARTS) is 1. The van der Waals surface area contributed by atoms with Gasteiger partial charge in [0.25, 0.3) is 5.91 Å². The van der Waals surface area contributed by atoms with Crippen molar-refractivity contribution in [3.63, 3.8) is 0 Å². The summed E-state index contributed by atoms with van der Waals surface area (Å²) in [6.07, 6.45) is 1.77. The molecule has 1 N–H and O–H groups in total. The fourth-order valence-electron chi connectivity index (χ4n) is 3.37. The summed E-state index contributed by atoms with van der Waals surface area (Å²) in [6, 6.07) is 14.3. The van der Waals surface area contributed by atoms with E-state index in [1.165, 1.54) is 0 Å². The minimum atomic E-state index is -0.896. The third-order valence-corrected chi connectivity index (χ3v) is 4.78. The topological polar surface area (TPSA) is 77.8 Å². The van der Waals surface area contributed by atoms with Crippen molar-refractivity contribution in [1.82, 2.24) is 4.57 Å². The van der Waals surface area contributed by atoms with Gasteiger partial charge in [0.2, 0.25) is 0 Å². The van der Waals surface area contributed by atoms with Gasteiger partial charge in [-0.1, -0.05) is 12.1 Å². The Morgan fingerprint density at radius 2 is 1.76 bits per heavy atom. The Hall–Kier alpha value is -3.12. The summed E-state index contributed by atoms with van der Waals surface area (Å²) >= 11 is 0. The summed E-state index contributed by atoms with van der Waals surface area (Å²) in [6.45, 7) is 3.17. The standard InChI is InChI=1S/C23H25NO5/c1-16-14-20-18(15-22(25)26)6-5-7-21(20)24(16)23(27)17-8-10-19(11-9-17)29-13-4-3-12-28-2/h5-11,14H,3-4,12-13,15H2,1-2H3,(H,25,26). The molecule has 1 heterocycles. The first kappa shape index (κ1) is 20.6. The number of hydrogen-bond donors (Lipinski definition) is 1. The normalized spacial score (nSPS) is 11.0. The zero-order valence-electron chi connectivity index (χ0n) is 16.7. The van der Waals surface area contributed by atoms with Crippen LogP contribution in [0.5, 0.6) is 5.75 Å². The quantitative estimate of drug-likeness (QED) is 0.553. The molecule has 2 aromatic carbocycles. The maximum atomic E-state index is 13.1. The van der Waals surface area contributed by atoms with Crippen molar-refractivity contribution in [1.29, 1.82) is 0 Å². The highest BCUT2D eigenvalue weighted by Gasteiger charge is 2.17. The summed E-state index contributed by atoms with van der Waals surface area (Å²) in [5, 5.41) is 9.92. The molecule has 0 fully saturated rings. The van der Waals surface area contributed by atoms with Gasteiger partial charge < -0.3 is 14.6 Å². The highest BCUT2D eigenvalue weighted by atomic mass is 16.5. The maximum absolute atomic E-state index is 13.1. The van der Waals surface area contributed by atoms with Crippen LogP contribution in [0.2, 0.25) is 0 Å². The first-order valence-electron chi connectivity index (χ1n) is 9.59. The van der Waals surface area contributed by atoms with Crippen molar-refractivity contribution in [2.45, 2.75) is 26.2 Å².